The SMILES string of the molecule is CN1CCN(C2=Nc3cc(C(F)(F)F)ccc3Nc3ccccc32)CC1. The molecule has 136 valence electrons. The van der Waals surface area contributed by atoms with Crippen LogP contribution in [0.15, 0.2) is 47.5 Å². The highest BCUT2D eigenvalue weighted by molar-refractivity contribution is 6.07. The zero-order valence-corrected chi connectivity index (χ0v) is 14.3. The van der Waals surface area contributed by atoms with Gasteiger partial charge in [-0.25, -0.2) is 4.99 Å². The normalized spacial score (nSPS) is 17.7. The Hall–Kier alpha value is -2.54. The number of rotatable bonds is 0. The molecule has 7 heteroatoms. The lowest BCUT2D eigenvalue weighted by atomic mass is 10.1. The number of amidine groups is 1. The van der Waals surface area contributed by atoms with Gasteiger partial charge in [-0.2, -0.15) is 13.2 Å². The van der Waals surface area contributed by atoms with Gasteiger partial charge >= 0.3 is 6.18 Å². The first-order valence-corrected chi connectivity index (χ1v) is 8.52. The molecular formula is C19H19F3N4. The number of alkyl halides is 3. The molecule has 0 aliphatic carbocycles. The van der Waals surface area contributed by atoms with Crippen LogP contribution in [0.2, 0.25) is 0 Å². The van der Waals surface area contributed by atoms with Crippen LogP contribution in [0.1, 0.15) is 11.1 Å². The smallest absolute Gasteiger partial charge is 0.353 e. The number of aliphatic imine (C=N–C) groups is 1. The van der Waals surface area contributed by atoms with Gasteiger partial charge < -0.3 is 15.1 Å². The zero-order valence-electron chi connectivity index (χ0n) is 14.3. The molecule has 0 saturated carbocycles. The molecule has 0 spiro atoms. The third-order valence-electron chi connectivity index (χ3n) is 4.79. The van der Waals surface area contributed by atoms with E-state index in [1.807, 2.05) is 24.3 Å². The highest BCUT2D eigenvalue weighted by atomic mass is 19.4. The van der Waals surface area contributed by atoms with Crippen molar-refractivity contribution in [2.75, 3.05) is 38.5 Å². The number of halogens is 3. The number of nitrogens with one attached hydrogen (secondary N) is 1. The largest absolute Gasteiger partial charge is 0.416 e. The Morgan fingerprint density at radius 1 is 0.962 bits per heavy atom. The Kier molecular flexibility index (Phi) is 4.11. The summed E-state index contributed by atoms with van der Waals surface area (Å²) in [6.45, 7) is 3.37. The molecule has 1 saturated heterocycles. The Morgan fingerprint density at radius 2 is 1.69 bits per heavy atom. The topological polar surface area (TPSA) is 30.9 Å². The van der Waals surface area contributed by atoms with E-state index in [4.69, 9.17) is 0 Å². The number of anilines is 2. The maximum Gasteiger partial charge on any atom is 0.416 e. The van der Waals surface area contributed by atoms with Crippen molar-refractivity contribution in [1.29, 1.82) is 0 Å². The second-order valence-electron chi connectivity index (χ2n) is 6.63. The number of piperazine rings is 1. The molecule has 26 heavy (non-hydrogen) atoms. The monoisotopic (exact) mass is 360 g/mol. The molecule has 1 fully saturated rings. The van der Waals surface area contributed by atoms with Crippen molar-refractivity contribution in [3.05, 3.63) is 53.6 Å². The van der Waals surface area contributed by atoms with Crippen LogP contribution in [0.3, 0.4) is 0 Å². The minimum Gasteiger partial charge on any atom is -0.353 e. The van der Waals surface area contributed by atoms with Gasteiger partial charge in [0.1, 0.15) is 5.84 Å². The molecule has 2 aromatic carbocycles. The number of nitrogens with zero attached hydrogens (tertiary/aromatic N) is 3. The van der Waals surface area contributed by atoms with Gasteiger partial charge in [-0.15, -0.1) is 0 Å². The Labute approximate surface area is 149 Å². The molecule has 2 aliphatic rings. The molecule has 2 aliphatic heterocycles. The summed E-state index contributed by atoms with van der Waals surface area (Å²) in [4.78, 5) is 9.04. The maximum atomic E-state index is 13.1. The average Bonchev–Trinajstić information content (AvgIpc) is 2.77. The predicted molar refractivity (Wildman–Crippen MR) is 96.4 cm³/mol. The van der Waals surface area contributed by atoms with Gasteiger partial charge in [-0.1, -0.05) is 12.1 Å². The van der Waals surface area contributed by atoms with Crippen LogP contribution in [0.5, 0.6) is 0 Å². The molecule has 0 unspecified atom stereocenters. The van der Waals surface area contributed by atoms with E-state index in [0.717, 1.165) is 55.4 Å². The zero-order chi connectivity index (χ0) is 18.3. The number of para-hydroxylation sites is 1. The van der Waals surface area contributed by atoms with E-state index >= 15 is 0 Å². The molecule has 0 aromatic heterocycles. The highest BCUT2D eigenvalue weighted by Crippen LogP contribution is 2.39. The lowest BCUT2D eigenvalue weighted by Crippen LogP contribution is -2.47. The van der Waals surface area contributed by atoms with Gasteiger partial charge in [-0.05, 0) is 37.4 Å². The van der Waals surface area contributed by atoms with Crippen LogP contribution in [0.4, 0.5) is 30.2 Å². The van der Waals surface area contributed by atoms with E-state index in [0.29, 0.717) is 11.4 Å². The molecule has 0 amide bonds. The lowest BCUT2D eigenvalue weighted by molar-refractivity contribution is -0.137. The first kappa shape index (κ1) is 16.9. The second-order valence-corrected chi connectivity index (χ2v) is 6.63. The number of benzene rings is 2. The van der Waals surface area contributed by atoms with Crippen molar-refractivity contribution in [1.82, 2.24) is 9.80 Å². The molecule has 0 atom stereocenters. The summed E-state index contributed by atoms with van der Waals surface area (Å²) in [5, 5.41) is 3.24. The summed E-state index contributed by atoms with van der Waals surface area (Å²) in [6, 6.07) is 11.4. The minimum absolute atomic E-state index is 0.310. The Balaban J connectivity index is 1.83. The van der Waals surface area contributed by atoms with Crippen LogP contribution in [-0.4, -0.2) is 48.9 Å². The molecular weight excluding hydrogens is 341 g/mol. The van der Waals surface area contributed by atoms with Crippen molar-refractivity contribution >= 4 is 22.9 Å². The van der Waals surface area contributed by atoms with Gasteiger partial charge in [0.05, 0.1) is 16.9 Å². The van der Waals surface area contributed by atoms with Crippen LogP contribution in [-0.2, 0) is 6.18 Å². The molecule has 0 bridgehead atoms. The fraction of sp³-hybridized carbons (Fsp3) is 0.316. The molecule has 4 nitrogen and oxygen atoms in total. The molecule has 2 heterocycles. The summed E-state index contributed by atoms with van der Waals surface area (Å²) in [6.07, 6.45) is -4.39. The van der Waals surface area contributed by atoms with Crippen molar-refractivity contribution < 1.29 is 13.2 Å². The molecule has 4 rings (SSSR count). The first-order chi connectivity index (χ1) is 12.4. The number of hydrogen-bond acceptors (Lipinski definition) is 4. The Morgan fingerprint density at radius 3 is 2.42 bits per heavy atom. The standard InChI is InChI=1S/C19H19F3N4/c1-25-8-10-26(11-9-25)18-14-4-2-3-5-15(14)23-16-7-6-13(19(20,21)22)12-17(16)24-18/h2-7,12,23H,8-11H2,1H3. The number of hydrogen-bond donors (Lipinski definition) is 1. The second kappa shape index (κ2) is 6.32. The summed E-state index contributed by atoms with van der Waals surface area (Å²) in [5.41, 5.74) is 1.95. The van der Waals surface area contributed by atoms with Gasteiger partial charge in [-0.3, -0.25) is 0 Å². The average molecular weight is 360 g/mol. The van der Waals surface area contributed by atoms with Crippen molar-refractivity contribution in [2.24, 2.45) is 4.99 Å². The van der Waals surface area contributed by atoms with Crippen LogP contribution >= 0.6 is 0 Å². The summed E-state index contributed by atoms with van der Waals surface area (Å²) >= 11 is 0. The maximum absolute atomic E-state index is 13.1. The van der Waals surface area contributed by atoms with Gasteiger partial charge in [0, 0.05) is 37.4 Å². The minimum atomic E-state index is -4.39. The van der Waals surface area contributed by atoms with Crippen molar-refractivity contribution in [2.45, 2.75) is 6.18 Å². The van der Waals surface area contributed by atoms with Crippen molar-refractivity contribution in [3.63, 3.8) is 0 Å². The lowest BCUT2D eigenvalue weighted by Gasteiger charge is -2.34. The first-order valence-electron chi connectivity index (χ1n) is 8.52. The van der Waals surface area contributed by atoms with Gasteiger partial charge in [0.15, 0.2) is 0 Å². The van der Waals surface area contributed by atoms with Crippen LogP contribution in [0.25, 0.3) is 0 Å². The van der Waals surface area contributed by atoms with E-state index in [-0.39, 0.29) is 0 Å². The van der Waals surface area contributed by atoms with Crippen LogP contribution in [0, 0.1) is 0 Å². The molecule has 1 N–H and O–H groups in total. The van der Waals surface area contributed by atoms with E-state index in [1.54, 1.807) is 0 Å². The van der Waals surface area contributed by atoms with E-state index < -0.39 is 11.7 Å². The fourth-order valence-corrected chi connectivity index (χ4v) is 3.27. The predicted octanol–water partition coefficient (Wildman–Crippen LogP) is 4.09. The van der Waals surface area contributed by atoms with Gasteiger partial charge in [0.25, 0.3) is 0 Å². The molecule has 2 aromatic rings. The summed E-state index contributed by atoms with van der Waals surface area (Å²) < 4.78 is 39.4. The van der Waals surface area contributed by atoms with E-state index in [2.05, 4.69) is 27.2 Å². The highest BCUT2D eigenvalue weighted by Gasteiger charge is 2.32. The van der Waals surface area contributed by atoms with Gasteiger partial charge in [0.2, 0.25) is 0 Å². The van der Waals surface area contributed by atoms with Crippen LogP contribution < -0.4 is 5.32 Å². The third-order valence-corrected chi connectivity index (χ3v) is 4.79. The third kappa shape index (κ3) is 3.14. The summed E-state index contributed by atoms with van der Waals surface area (Å²) in [7, 11) is 2.06. The molecule has 0 radical (unpaired) electrons. The van der Waals surface area contributed by atoms with Crippen molar-refractivity contribution in [3.8, 4) is 0 Å². The number of fused-ring (bicyclic) bond motifs is 2. The fourth-order valence-electron chi connectivity index (χ4n) is 3.27. The van der Waals surface area contributed by atoms with E-state index in [1.165, 1.54) is 6.07 Å². The Bertz CT molecular complexity index is 852. The quantitative estimate of drug-likeness (QED) is 0.768. The summed E-state index contributed by atoms with van der Waals surface area (Å²) in [5.74, 6) is 0.722. The number of likely N-dealkylation sites (N-methyl/N-ethyl adjacent to an activating group) is 1. The van der Waals surface area contributed by atoms with E-state index in [9.17, 15) is 13.2 Å².